The number of carbonyl (C=O) groups is 1. The maximum absolute atomic E-state index is 13.3. The third kappa shape index (κ3) is 4.87. The number of piperidine rings is 1. The van der Waals surface area contributed by atoms with Crippen LogP contribution >= 0.6 is 0 Å². The first-order chi connectivity index (χ1) is 14.2. The molecule has 4 rings (SSSR count). The van der Waals surface area contributed by atoms with Crippen molar-refractivity contribution in [1.82, 2.24) is 9.97 Å². The lowest BCUT2D eigenvalue weighted by molar-refractivity contribution is 0.102. The fraction of sp³-hybridized carbons (Fsp3) is 0.227. The average Bonchev–Trinajstić information content (AvgIpc) is 2.75. The zero-order chi connectivity index (χ0) is 20.1. The summed E-state index contributed by atoms with van der Waals surface area (Å²) in [7, 11) is 0. The van der Waals surface area contributed by atoms with Crippen LogP contribution in [0.15, 0.2) is 60.9 Å². The van der Waals surface area contributed by atoms with Crippen molar-refractivity contribution in [2.45, 2.75) is 19.3 Å². The van der Waals surface area contributed by atoms with Gasteiger partial charge in [-0.25, -0.2) is 14.4 Å². The Morgan fingerprint density at radius 2 is 1.72 bits per heavy atom. The molecule has 1 aliphatic heterocycles. The third-order valence-electron chi connectivity index (χ3n) is 4.84. The van der Waals surface area contributed by atoms with E-state index in [4.69, 9.17) is 0 Å². The Morgan fingerprint density at radius 1 is 0.931 bits per heavy atom. The number of halogens is 1. The smallest absolute Gasteiger partial charge is 0.274 e. The summed E-state index contributed by atoms with van der Waals surface area (Å²) in [5.41, 5.74) is 2.64. The molecule has 0 bridgehead atoms. The summed E-state index contributed by atoms with van der Waals surface area (Å²) in [5.74, 6) is -0.272. The summed E-state index contributed by atoms with van der Waals surface area (Å²) in [6, 6.07) is 15.4. The normalized spacial score (nSPS) is 13.8. The number of rotatable bonds is 5. The Bertz CT molecular complexity index is 987. The molecule has 1 saturated heterocycles. The Labute approximate surface area is 168 Å². The van der Waals surface area contributed by atoms with Gasteiger partial charge in [0.1, 0.15) is 23.7 Å². The molecule has 2 N–H and O–H groups in total. The predicted octanol–water partition coefficient (Wildman–Crippen LogP) is 4.60. The van der Waals surface area contributed by atoms with E-state index in [0.717, 1.165) is 13.1 Å². The highest BCUT2D eigenvalue weighted by atomic mass is 19.1. The third-order valence-corrected chi connectivity index (χ3v) is 4.84. The van der Waals surface area contributed by atoms with E-state index in [0.29, 0.717) is 17.2 Å². The van der Waals surface area contributed by atoms with Gasteiger partial charge in [0.2, 0.25) is 0 Å². The topological polar surface area (TPSA) is 70.2 Å². The van der Waals surface area contributed by atoms with E-state index in [1.807, 2.05) is 24.3 Å². The number of hydrogen-bond donors (Lipinski definition) is 2. The number of amides is 1. The first-order valence-corrected chi connectivity index (χ1v) is 9.68. The molecule has 0 spiro atoms. The molecule has 148 valence electrons. The monoisotopic (exact) mass is 391 g/mol. The average molecular weight is 391 g/mol. The Hall–Kier alpha value is -3.48. The van der Waals surface area contributed by atoms with E-state index >= 15 is 0 Å². The van der Waals surface area contributed by atoms with Crippen molar-refractivity contribution >= 4 is 28.8 Å². The van der Waals surface area contributed by atoms with Gasteiger partial charge in [-0.05, 0) is 61.7 Å². The Morgan fingerprint density at radius 3 is 2.48 bits per heavy atom. The lowest BCUT2D eigenvalue weighted by atomic mass is 10.1. The first-order valence-electron chi connectivity index (χ1n) is 9.68. The zero-order valence-electron chi connectivity index (χ0n) is 15.9. The van der Waals surface area contributed by atoms with E-state index in [1.165, 1.54) is 49.5 Å². The largest absolute Gasteiger partial charge is 0.372 e. The number of hydrogen-bond acceptors (Lipinski definition) is 5. The molecule has 0 saturated carbocycles. The van der Waals surface area contributed by atoms with Crippen molar-refractivity contribution in [1.29, 1.82) is 0 Å². The SMILES string of the molecule is O=C(Nc1ccc(N2CCCCC2)cc1)c1cc(Nc2cccc(F)c2)ncn1. The standard InChI is InChI=1S/C22H22FN5O/c23-16-5-4-6-18(13-16)26-21-14-20(24-15-25-21)22(29)27-17-7-9-19(10-8-17)28-11-2-1-3-12-28/h4-10,13-15H,1-3,11-12H2,(H,27,29)(H,24,25,26). The minimum Gasteiger partial charge on any atom is -0.372 e. The van der Waals surface area contributed by atoms with Crippen molar-refractivity contribution in [2.75, 3.05) is 28.6 Å². The summed E-state index contributed by atoms with van der Waals surface area (Å²) in [6.45, 7) is 2.15. The second-order valence-electron chi connectivity index (χ2n) is 6.97. The highest BCUT2D eigenvalue weighted by molar-refractivity contribution is 6.03. The summed E-state index contributed by atoms with van der Waals surface area (Å²) in [5, 5.41) is 5.82. The zero-order valence-corrected chi connectivity index (χ0v) is 15.9. The van der Waals surface area contributed by atoms with E-state index in [2.05, 4.69) is 25.5 Å². The predicted molar refractivity (Wildman–Crippen MR) is 112 cm³/mol. The van der Waals surface area contributed by atoms with Crippen LogP contribution in [0, 0.1) is 5.82 Å². The molecule has 2 aromatic carbocycles. The summed E-state index contributed by atoms with van der Waals surface area (Å²) < 4.78 is 13.3. The van der Waals surface area contributed by atoms with Gasteiger partial charge in [-0.15, -0.1) is 0 Å². The van der Waals surface area contributed by atoms with Crippen LogP contribution in [0.5, 0.6) is 0 Å². The molecule has 1 aromatic heterocycles. The van der Waals surface area contributed by atoms with Crippen LogP contribution in [0.4, 0.5) is 27.3 Å². The second-order valence-corrected chi connectivity index (χ2v) is 6.97. The number of aromatic nitrogens is 2. The number of anilines is 4. The molecule has 0 radical (unpaired) electrons. The van der Waals surface area contributed by atoms with Crippen molar-refractivity contribution < 1.29 is 9.18 Å². The van der Waals surface area contributed by atoms with Crippen LogP contribution in [0.1, 0.15) is 29.8 Å². The van der Waals surface area contributed by atoms with Gasteiger partial charge in [0.25, 0.3) is 5.91 Å². The number of carbonyl (C=O) groups excluding carboxylic acids is 1. The van der Waals surface area contributed by atoms with E-state index in [-0.39, 0.29) is 17.4 Å². The summed E-state index contributed by atoms with van der Waals surface area (Å²) in [4.78, 5) is 23.1. The van der Waals surface area contributed by atoms with Crippen molar-refractivity contribution in [3.05, 3.63) is 72.4 Å². The quantitative estimate of drug-likeness (QED) is 0.665. The van der Waals surface area contributed by atoms with Gasteiger partial charge in [-0.2, -0.15) is 0 Å². The molecule has 1 aliphatic rings. The number of benzene rings is 2. The maximum atomic E-state index is 13.3. The Balaban J connectivity index is 1.41. The Kier molecular flexibility index (Phi) is 5.65. The molecule has 0 aliphatic carbocycles. The highest BCUT2D eigenvalue weighted by Crippen LogP contribution is 2.22. The van der Waals surface area contributed by atoms with Gasteiger partial charge in [0, 0.05) is 36.2 Å². The van der Waals surface area contributed by atoms with Crippen LogP contribution in [-0.4, -0.2) is 29.0 Å². The fourth-order valence-corrected chi connectivity index (χ4v) is 3.37. The van der Waals surface area contributed by atoms with Gasteiger partial charge >= 0.3 is 0 Å². The highest BCUT2D eigenvalue weighted by Gasteiger charge is 2.12. The lowest BCUT2D eigenvalue weighted by Crippen LogP contribution is -2.29. The van der Waals surface area contributed by atoms with E-state index < -0.39 is 0 Å². The van der Waals surface area contributed by atoms with Gasteiger partial charge in [-0.3, -0.25) is 4.79 Å². The minimum atomic E-state index is -0.352. The molecule has 0 unspecified atom stereocenters. The minimum absolute atomic E-state index is 0.221. The molecular formula is C22H22FN5O. The molecule has 1 fully saturated rings. The molecule has 1 amide bonds. The van der Waals surface area contributed by atoms with E-state index in [1.54, 1.807) is 12.1 Å². The fourth-order valence-electron chi connectivity index (χ4n) is 3.37. The van der Waals surface area contributed by atoms with Crippen molar-refractivity contribution in [2.24, 2.45) is 0 Å². The van der Waals surface area contributed by atoms with Gasteiger partial charge in [0.05, 0.1) is 0 Å². The molecule has 6 nitrogen and oxygen atoms in total. The van der Waals surface area contributed by atoms with Gasteiger partial charge in [0.15, 0.2) is 0 Å². The maximum Gasteiger partial charge on any atom is 0.274 e. The van der Waals surface area contributed by atoms with Gasteiger partial charge < -0.3 is 15.5 Å². The number of nitrogens with zero attached hydrogens (tertiary/aromatic N) is 3. The first kappa shape index (κ1) is 18.9. The molecule has 3 aromatic rings. The van der Waals surface area contributed by atoms with E-state index in [9.17, 15) is 9.18 Å². The van der Waals surface area contributed by atoms with Crippen LogP contribution in [0.25, 0.3) is 0 Å². The van der Waals surface area contributed by atoms with Crippen LogP contribution in [0.3, 0.4) is 0 Å². The number of nitrogens with one attached hydrogen (secondary N) is 2. The molecule has 0 atom stereocenters. The van der Waals surface area contributed by atoms with Crippen LogP contribution in [0.2, 0.25) is 0 Å². The summed E-state index contributed by atoms with van der Waals surface area (Å²) >= 11 is 0. The van der Waals surface area contributed by atoms with Crippen LogP contribution < -0.4 is 15.5 Å². The summed E-state index contributed by atoms with van der Waals surface area (Å²) in [6.07, 6.45) is 5.03. The molecule has 7 heteroatoms. The molecular weight excluding hydrogens is 369 g/mol. The lowest BCUT2D eigenvalue weighted by Gasteiger charge is -2.28. The van der Waals surface area contributed by atoms with Crippen molar-refractivity contribution in [3.8, 4) is 0 Å². The second kappa shape index (κ2) is 8.68. The van der Waals surface area contributed by atoms with Crippen molar-refractivity contribution in [3.63, 3.8) is 0 Å². The molecule has 2 heterocycles. The van der Waals surface area contributed by atoms with Crippen LogP contribution in [-0.2, 0) is 0 Å². The molecule has 29 heavy (non-hydrogen) atoms. The van der Waals surface area contributed by atoms with Gasteiger partial charge in [-0.1, -0.05) is 6.07 Å².